The van der Waals surface area contributed by atoms with E-state index >= 15 is 0 Å². The molecule has 0 aliphatic rings. The van der Waals surface area contributed by atoms with Crippen LogP contribution in [0.2, 0.25) is 0 Å². The van der Waals surface area contributed by atoms with Gasteiger partial charge in [0.1, 0.15) is 13.2 Å². The van der Waals surface area contributed by atoms with Crippen LogP contribution in [-0.2, 0) is 19.6 Å². The Morgan fingerprint density at radius 3 is 1.32 bits per heavy atom. The highest BCUT2D eigenvalue weighted by molar-refractivity contribution is 7.87. The molecular weight excluding hydrogens is 644 g/mol. The van der Waals surface area contributed by atoms with Gasteiger partial charge in [0.25, 0.3) is 0 Å². The predicted molar refractivity (Wildman–Crippen MR) is 92.2 cm³/mol. The Labute approximate surface area is 210 Å². The number of carbonyl (C=O) groups excluding carboxylic acids is 1. The van der Waals surface area contributed by atoms with Crippen LogP contribution in [0.1, 0.15) is 13.8 Å². The van der Waals surface area contributed by atoms with Gasteiger partial charge in [0, 0.05) is 10.1 Å². The molecule has 0 aromatic carbocycles. The number of ether oxygens (including phenoxy) is 1. The minimum Gasteiger partial charge on any atom is -0.456 e. The molecule has 0 spiro atoms. The quantitative estimate of drug-likeness (QED) is 0.104. The van der Waals surface area contributed by atoms with Crippen LogP contribution < -0.4 is 0 Å². The zero-order valence-electron chi connectivity index (χ0n) is 19.1. The number of nitrogens with zero attached hydrogens (tertiary/aromatic N) is 1. The Morgan fingerprint density at radius 2 is 1.02 bits per heavy atom. The van der Waals surface area contributed by atoms with E-state index in [9.17, 15) is 92.3 Å². The number of hydrogen-bond acceptors (Lipinski definition) is 4. The molecule has 0 aromatic rings. The van der Waals surface area contributed by atoms with Crippen molar-refractivity contribution < 1.29 is 101 Å². The van der Waals surface area contributed by atoms with Crippen molar-refractivity contribution in [3.05, 3.63) is 12.2 Å². The number of esters is 1. The van der Waals surface area contributed by atoms with Crippen LogP contribution in [0.25, 0.3) is 0 Å². The highest BCUT2D eigenvalue weighted by Crippen LogP contribution is 2.64. The summed E-state index contributed by atoms with van der Waals surface area (Å²) in [6, 6.07) is 0. The molecule has 0 bridgehead atoms. The van der Waals surface area contributed by atoms with Gasteiger partial charge in [0.2, 0.25) is 0 Å². The van der Waals surface area contributed by atoms with Gasteiger partial charge in [0.05, 0.1) is 0 Å². The minimum atomic E-state index is -9.03. The number of sulfonamides is 1. The molecule has 0 N–H and O–H groups in total. The maximum atomic E-state index is 14.8. The molecule has 0 radical (unpaired) electrons. The zero-order valence-corrected chi connectivity index (χ0v) is 19.9. The fraction of sp³-hybridized carbons (Fsp3) is 0.812. The van der Waals surface area contributed by atoms with E-state index in [1.165, 1.54) is 0 Å². The first-order chi connectivity index (χ1) is 17.1. The number of halogens is 18. The molecule has 0 aromatic heterocycles. The third-order valence-electron chi connectivity index (χ3n) is 4.93. The summed E-state index contributed by atoms with van der Waals surface area (Å²) in [4.78, 5) is 11.2. The second-order valence-electron chi connectivity index (χ2n) is 7.68. The van der Waals surface area contributed by atoms with E-state index < -0.39 is 92.3 Å². The first-order valence-corrected chi connectivity index (χ1v) is 10.9. The molecule has 1 atom stereocenters. The van der Waals surface area contributed by atoms with E-state index in [1.807, 2.05) is 0 Å². The topological polar surface area (TPSA) is 60.4 Å². The lowest BCUT2D eigenvalue weighted by Gasteiger charge is -2.42. The van der Waals surface area contributed by atoms with Crippen molar-refractivity contribution >= 4 is 16.0 Å². The summed E-state index contributed by atoms with van der Waals surface area (Å²) in [6.45, 7) is -1.92. The molecular formula is C16H14F18NO4S+. The first-order valence-electron chi connectivity index (χ1n) is 9.49. The molecule has 5 nitrogen and oxygen atoms in total. The van der Waals surface area contributed by atoms with Crippen LogP contribution in [0.5, 0.6) is 0 Å². The van der Waals surface area contributed by atoms with Crippen molar-refractivity contribution in [2.24, 2.45) is 0 Å². The summed E-state index contributed by atoms with van der Waals surface area (Å²) in [7, 11) is -8.10. The lowest BCUT2D eigenvalue weighted by molar-refractivity contribution is -0.950. The van der Waals surface area contributed by atoms with E-state index in [4.69, 9.17) is 0 Å². The average molecular weight is 658 g/mol. The Balaban J connectivity index is 6.96. The van der Waals surface area contributed by atoms with Gasteiger partial charge in [0.15, 0.2) is 6.54 Å². The van der Waals surface area contributed by atoms with Crippen LogP contribution in [-0.4, -0.2) is 85.2 Å². The van der Waals surface area contributed by atoms with E-state index in [2.05, 4.69) is 11.3 Å². The molecule has 238 valence electrons. The zero-order chi connectivity index (χ0) is 33.0. The second-order valence-corrected chi connectivity index (χ2v) is 9.80. The minimum absolute atomic E-state index is 0.188. The van der Waals surface area contributed by atoms with Crippen LogP contribution in [0.3, 0.4) is 0 Å². The van der Waals surface area contributed by atoms with E-state index in [1.54, 1.807) is 0 Å². The normalized spacial score (nSPS) is 16.9. The fourth-order valence-electron chi connectivity index (χ4n) is 2.36. The molecule has 0 heterocycles. The Bertz CT molecular complexity index is 1080. The van der Waals surface area contributed by atoms with Crippen molar-refractivity contribution in [1.29, 1.82) is 0 Å². The summed E-state index contributed by atoms with van der Waals surface area (Å²) >= 11 is 0. The Morgan fingerprint density at radius 1 is 0.700 bits per heavy atom. The van der Waals surface area contributed by atoms with Gasteiger partial charge in [-0.25, -0.2) is 4.79 Å². The van der Waals surface area contributed by atoms with Crippen LogP contribution in [0.15, 0.2) is 12.2 Å². The number of carbonyl (C=O) groups is 1. The molecule has 24 heteroatoms. The number of alkyl halides is 17. The lowest BCUT2D eigenvalue weighted by Crippen LogP contribution is -2.75. The monoisotopic (exact) mass is 658 g/mol. The number of rotatable bonds is 13. The van der Waals surface area contributed by atoms with Gasteiger partial charge in [-0.1, -0.05) is 6.58 Å². The molecule has 0 aliphatic heterocycles. The molecule has 0 amide bonds. The number of likely N-dealkylation sites (N-methyl/N-ethyl adjacent to an activating group) is 1. The van der Waals surface area contributed by atoms with Gasteiger partial charge in [-0.3, -0.25) is 0 Å². The summed E-state index contributed by atoms with van der Waals surface area (Å²) in [5.74, 6) is -54.3. The summed E-state index contributed by atoms with van der Waals surface area (Å²) in [6.07, 6.45) is -7.96. The van der Waals surface area contributed by atoms with E-state index in [0.29, 0.717) is 0 Å². The molecule has 1 unspecified atom stereocenters. The molecule has 0 rings (SSSR count). The van der Waals surface area contributed by atoms with Gasteiger partial charge >= 0.3 is 63.0 Å². The number of hydrogen-bond donors (Lipinski definition) is 0. The Hall–Kier alpha value is -2.14. The second kappa shape index (κ2) is 10.3. The maximum Gasteiger partial charge on any atom is 0.467 e. The SMILES string of the molecule is C=C(C)C(=O)OCC[N+](F)(CC)S(=O)(=O)C(F)(F)C(F)(F)C(F)(F)C(F)(F)C(F)(F)C(F)(F)C(F)(F)C(F)(F)F. The molecule has 0 fully saturated rings. The maximum absolute atomic E-state index is 14.8. The van der Waals surface area contributed by atoms with Crippen LogP contribution >= 0.6 is 0 Å². The summed E-state index contributed by atoms with van der Waals surface area (Å²) in [5.41, 5.74) is -0.524. The Kier molecular flexibility index (Phi) is 9.74. The largest absolute Gasteiger partial charge is 0.467 e. The van der Waals surface area contributed by atoms with Crippen molar-refractivity contribution in [2.75, 3.05) is 19.7 Å². The summed E-state index contributed by atoms with van der Waals surface area (Å²) in [5, 5.41) is -8.03. The van der Waals surface area contributed by atoms with E-state index in [0.717, 1.165) is 6.92 Å². The highest BCUT2D eigenvalue weighted by Gasteiger charge is 2.97. The third kappa shape index (κ3) is 5.05. The smallest absolute Gasteiger partial charge is 0.456 e. The lowest BCUT2D eigenvalue weighted by atomic mass is 9.91. The third-order valence-corrected chi connectivity index (χ3v) is 7.13. The fourth-order valence-corrected chi connectivity index (χ4v) is 3.88. The van der Waals surface area contributed by atoms with Crippen molar-refractivity contribution in [2.45, 2.75) is 60.8 Å². The van der Waals surface area contributed by atoms with Gasteiger partial charge in [-0.05, 0) is 18.0 Å². The molecule has 0 aliphatic carbocycles. The van der Waals surface area contributed by atoms with Crippen molar-refractivity contribution in [1.82, 2.24) is 0 Å². The number of quaternary nitrogens is 1. The highest BCUT2D eigenvalue weighted by atomic mass is 32.2. The molecule has 0 saturated carbocycles. The summed E-state index contributed by atoms with van der Waals surface area (Å²) < 4.78 is 265. The van der Waals surface area contributed by atoms with Crippen LogP contribution in [0.4, 0.5) is 79.1 Å². The molecule has 0 saturated heterocycles. The average Bonchev–Trinajstić information content (AvgIpc) is 2.76. The van der Waals surface area contributed by atoms with Gasteiger partial charge in [-0.2, -0.15) is 83.1 Å². The van der Waals surface area contributed by atoms with Crippen molar-refractivity contribution in [3.8, 4) is 0 Å². The van der Waals surface area contributed by atoms with Gasteiger partial charge < -0.3 is 4.74 Å². The van der Waals surface area contributed by atoms with E-state index in [-0.39, 0.29) is 6.92 Å². The van der Waals surface area contributed by atoms with Crippen LogP contribution in [0, 0.1) is 0 Å². The molecule has 40 heavy (non-hydrogen) atoms. The standard InChI is InChI=1S/C16H14F18NO4S/c1-4-35(34,5-6-39-8(36)7(2)3)40(37,38)16(32,33)14(27,28)12(23,24)10(19,20)9(17,18)11(21,22)13(25,26)15(29,30)31/h2,4-6H2,1,3H3/q+1. The van der Waals surface area contributed by atoms with Gasteiger partial charge in [-0.15, -0.1) is 0 Å². The first kappa shape index (κ1) is 37.9. The predicted octanol–water partition coefficient (Wildman–Crippen LogP) is 6.12. The van der Waals surface area contributed by atoms with Crippen molar-refractivity contribution in [3.63, 3.8) is 0 Å².